The molecule has 0 bridgehead atoms. The highest BCUT2D eigenvalue weighted by molar-refractivity contribution is 5.38. The zero-order valence-corrected chi connectivity index (χ0v) is 12.8. The lowest BCUT2D eigenvalue weighted by Crippen LogP contribution is -2.24. The van der Waals surface area contributed by atoms with Gasteiger partial charge in [0.2, 0.25) is 0 Å². The van der Waals surface area contributed by atoms with Gasteiger partial charge in [0.1, 0.15) is 34.6 Å². The molecule has 0 aliphatic heterocycles. The summed E-state index contributed by atoms with van der Waals surface area (Å²) in [6.07, 6.45) is -3.75. The van der Waals surface area contributed by atoms with Crippen molar-refractivity contribution >= 4 is 0 Å². The molecule has 0 radical (unpaired) electrons. The second-order valence-electron chi connectivity index (χ2n) is 5.14. The van der Waals surface area contributed by atoms with Gasteiger partial charge in [-0.25, -0.2) is 17.6 Å². The molecule has 2 rings (SSSR count). The standard InChI is InChI=1S/C17H11F6NO/c1-2-3-9-4-5-12(16(21)15(9)20)17(22,23)25-10-6-13(18)11(8-24)14(19)7-10/h4-7H,2-3H2,1H3. The third-order valence-corrected chi connectivity index (χ3v) is 3.37. The van der Waals surface area contributed by atoms with E-state index in [1.807, 2.05) is 0 Å². The van der Waals surface area contributed by atoms with Crippen LogP contribution in [0.25, 0.3) is 0 Å². The van der Waals surface area contributed by atoms with Crippen LogP contribution in [0, 0.1) is 34.6 Å². The monoisotopic (exact) mass is 359 g/mol. The van der Waals surface area contributed by atoms with Gasteiger partial charge in [0.05, 0.1) is 0 Å². The largest absolute Gasteiger partial charge is 0.429 e. The normalized spacial score (nSPS) is 11.3. The van der Waals surface area contributed by atoms with Crippen molar-refractivity contribution < 1.29 is 31.1 Å². The Labute approximate surface area is 139 Å². The van der Waals surface area contributed by atoms with Crippen LogP contribution in [0.15, 0.2) is 24.3 Å². The molecule has 0 spiro atoms. The maximum Gasteiger partial charge on any atom is 0.429 e. The molecule has 0 amide bonds. The van der Waals surface area contributed by atoms with Crippen LogP contribution in [-0.4, -0.2) is 0 Å². The van der Waals surface area contributed by atoms with Gasteiger partial charge in [-0.15, -0.1) is 0 Å². The van der Waals surface area contributed by atoms with Crippen molar-refractivity contribution in [2.75, 3.05) is 0 Å². The van der Waals surface area contributed by atoms with Crippen molar-refractivity contribution in [1.29, 1.82) is 5.26 Å². The van der Waals surface area contributed by atoms with Gasteiger partial charge in [-0.1, -0.05) is 19.4 Å². The molecular weight excluding hydrogens is 348 g/mol. The minimum atomic E-state index is -4.39. The van der Waals surface area contributed by atoms with Crippen molar-refractivity contribution in [2.24, 2.45) is 0 Å². The van der Waals surface area contributed by atoms with Crippen LogP contribution in [-0.2, 0) is 12.5 Å². The Morgan fingerprint density at radius 2 is 1.64 bits per heavy atom. The second-order valence-corrected chi connectivity index (χ2v) is 5.14. The third kappa shape index (κ3) is 3.71. The van der Waals surface area contributed by atoms with E-state index in [-0.39, 0.29) is 12.0 Å². The Morgan fingerprint density at radius 3 is 2.16 bits per heavy atom. The summed E-state index contributed by atoms with van der Waals surface area (Å²) in [6.45, 7) is 1.71. The molecule has 0 atom stereocenters. The molecule has 2 aromatic carbocycles. The molecule has 0 aliphatic carbocycles. The van der Waals surface area contributed by atoms with Crippen molar-refractivity contribution in [2.45, 2.75) is 25.9 Å². The lowest BCUT2D eigenvalue weighted by Gasteiger charge is -2.20. The minimum absolute atomic E-state index is 0.0741. The lowest BCUT2D eigenvalue weighted by molar-refractivity contribution is -0.187. The Hall–Kier alpha value is -2.69. The molecule has 0 N–H and O–H groups in total. The first kappa shape index (κ1) is 18.6. The molecule has 2 nitrogen and oxygen atoms in total. The predicted molar refractivity (Wildman–Crippen MR) is 75.9 cm³/mol. The number of hydrogen-bond acceptors (Lipinski definition) is 2. The van der Waals surface area contributed by atoms with Crippen molar-refractivity contribution in [3.63, 3.8) is 0 Å². The third-order valence-electron chi connectivity index (χ3n) is 3.37. The fraction of sp³-hybridized carbons (Fsp3) is 0.235. The first-order valence-corrected chi connectivity index (χ1v) is 7.14. The van der Waals surface area contributed by atoms with E-state index in [0.717, 1.165) is 6.07 Å². The predicted octanol–water partition coefficient (Wildman–Crippen LogP) is 5.20. The smallest absolute Gasteiger partial charge is 0.429 e. The van der Waals surface area contributed by atoms with E-state index in [0.29, 0.717) is 24.6 Å². The van der Waals surface area contributed by atoms with Crippen LogP contribution in [0.1, 0.15) is 30.0 Å². The van der Waals surface area contributed by atoms with E-state index >= 15 is 0 Å². The maximum absolute atomic E-state index is 14.1. The molecule has 0 heterocycles. The zero-order valence-electron chi connectivity index (χ0n) is 12.8. The summed E-state index contributed by atoms with van der Waals surface area (Å²) in [6, 6.07) is 3.58. The van der Waals surface area contributed by atoms with E-state index in [1.165, 1.54) is 6.07 Å². The van der Waals surface area contributed by atoms with Crippen LogP contribution < -0.4 is 4.74 Å². The van der Waals surface area contributed by atoms with Gasteiger partial charge in [0.15, 0.2) is 11.6 Å². The number of hydrogen-bond donors (Lipinski definition) is 0. The Bertz CT molecular complexity index is 821. The van der Waals surface area contributed by atoms with E-state index < -0.39 is 46.3 Å². The highest BCUT2D eigenvalue weighted by Crippen LogP contribution is 2.35. The van der Waals surface area contributed by atoms with E-state index in [4.69, 9.17) is 5.26 Å². The topological polar surface area (TPSA) is 33.0 Å². The summed E-state index contributed by atoms with van der Waals surface area (Å²) < 4.78 is 87.0. The van der Waals surface area contributed by atoms with Crippen LogP contribution in [0.5, 0.6) is 5.75 Å². The molecule has 0 fully saturated rings. The molecule has 25 heavy (non-hydrogen) atoms. The summed E-state index contributed by atoms with van der Waals surface area (Å²) in [5.41, 5.74) is -2.46. The molecule has 0 aromatic heterocycles. The summed E-state index contributed by atoms with van der Waals surface area (Å²) in [5, 5.41) is 8.53. The van der Waals surface area contributed by atoms with Gasteiger partial charge >= 0.3 is 6.11 Å². The number of nitriles is 1. The van der Waals surface area contributed by atoms with Gasteiger partial charge in [-0.05, 0) is 18.1 Å². The number of aryl methyl sites for hydroxylation is 1. The Balaban J connectivity index is 2.40. The molecule has 132 valence electrons. The molecule has 0 aliphatic rings. The van der Waals surface area contributed by atoms with Crippen LogP contribution >= 0.6 is 0 Å². The number of halogens is 6. The average molecular weight is 359 g/mol. The average Bonchev–Trinajstić information content (AvgIpc) is 2.51. The lowest BCUT2D eigenvalue weighted by atomic mass is 10.1. The van der Waals surface area contributed by atoms with Crippen LogP contribution in [0.3, 0.4) is 0 Å². The highest BCUT2D eigenvalue weighted by atomic mass is 19.3. The highest BCUT2D eigenvalue weighted by Gasteiger charge is 2.39. The second kappa shape index (κ2) is 7.05. The quantitative estimate of drug-likeness (QED) is 0.688. The number of nitrogens with zero attached hydrogens (tertiary/aromatic N) is 1. The van der Waals surface area contributed by atoms with Crippen molar-refractivity contribution in [3.8, 4) is 11.8 Å². The maximum atomic E-state index is 14.1. The molecule has 0 unspecified atom stereocenters. The minimum Gasteiger partial charge on any atom is -0.429 e. The summed E-state index contributed by atoms with van der Waals surface area (Å²) in [4.78, 5) is 0. The number of alkyl halides is 2. The summed E-state index contributed by atoms with van der Waals surface area (Å²) in [7, 11) is 0. The zero-order chi connectivity index (χ0) is 18.8. The summed E-state index contributed by atoms with van der Waals surface area (Å²) in [5.74, 6) is -7.04. The Morgan fingerprint density at radius 1 is 1.04 bits per heavy atom. The number of benzene rings is 2. The van der Waals surface area contributed by atoms with Crippen LogP contribution in [0.4, 0.5) is 26.3 Å². The van der Waals surface area contributed by atoms with Gasteiger partial charge in [0.25, 0.3) is 0 Å². The Kier molecular flexibility index (Phi) is 5.26. The first-order chi connectivity index (χ1) is 11.7. The van der Waals surface area contributed by atoms with E-state index in [2.05, 4.69) is 4.74 Å². The van der Waals surface area contributed by atoms with E-state index in [1.54, 1.807) is 6.92 Å². The van der Waals surface area contributed by atoms with Crippen LogP contribution in [0.2, 0.25) is 0 Å². The first-order valence-electron chi connectivity index (χ1n) is 7.14. The molecule has 0 saturated heterocycles. The summed E-state index contributed by atoms with van der Waals surface area (Å²) >= 11 is 0. The molecule has 0 saturated carbocycles. The van der Waals surface area contributed by atoms with Gasteiger partial charge in [-0.3, -0.25) is 0 Å². The number of rotatable bonds is 5. The van der Waals surface area contributed by atoms with Gasteiger partial charge < -0.3 is 4.74 Å². The van der Waals surface area contributed by atoms with E-state index in [9.17, 15) is 26.3 Å². The SMILES string of the molecule is CCCc1ccc(C(F)(F)Oc2cc(F)c(C#N)c(F)c2)c(F)c1F. The fourth-order valence-corrected chi connectivity index (χ4v) is 2.20. The number of ether oxygens (including phenoxy) is 1. The molecular formula is C17H11F6NO. The van der Waals surface area contributed by atoms with Crippen molar-refractivity contribution in [3.05, 3.63) is 64.2 Å². The fourth-order valence-electron chi connectivity index (χ4n) is 2.20. The van der Waals surface area contributed by atoms with Gasteiger partial charge in [-0.2, -0.15) is 14.0 Å². The molecule has 8 heteroatoms. The van der Waals surface area contributed by atoms with Gasteiger partial charge in [0, 0.05) is 12.1 Å². The van der Waals surface area contributed by atoms with Crippen molar-refractivity contribution in [1.82, 2.24) is 0 Å². The molecule has 2 aromatic rings.